The van der Waals surface area contributed by atoms with Crippen molar-refractivity contribution in [3.8, 4) is 5.82 Å². The highest BCUT2D eigenvalue weighted by Gasteiger charge is 2.16. The lowest BCUT2D eigenvalue weighted by Crippen LogP contribution is -2.15. The Balaban J connectivity index is 1.31. The van der Waals surface area contributed by atoms with Crippen molar-refractivity contribution in [2.24, 2.45) is 0 Å². The zero-order chi connectivity index (χ0) is 21.2. The van der Waals surface area contributed by atoms with Crippen LogP contribution in [-0.4, -0.2) is 35.0 Å². The minimum absolute atomic E-state index is 0.212. The molecule has 0 aliphatic heterocycles. The summed E-state index contributed by atoms with van der Waals surface area (Å²) in [5.74, 6) is 1.09. The van der Waals surface area contributed by atoms with Gasteiger partial charge in [-0.25, -0.2) is 19.6 Å². The summed E-state index contributed by atoms with van der Waals surface area (Å²) in [7, 11) is 0. The second kappa shape index (κ2) is 7.71. The summed E-state index contributed by atoms with van der Waals surface area (Å²) in [6.45, 7) is 1.83. The van der Waals surface area contributed by atoms with Crippen LogP contribution in [0.1, 0.15) is 16.2 Å². The highest BCUT2D eigenvalue weighted by Crippen LogP contribution is 2.20. The first-order chi connectivity index (χ1) is 15.2. The Hall–Kier alpha value is -4.53. The van der Waals surface area contributed by atoms with Crippen molar-refractivity contribution >= 4 is 28.7 Å². The number of anilines is 3. The topological polar surface area (TPSA) is 102 Å². The molecule has 0 saturated heterocycles. The maximum absolute atomic E-state index is 12.8. The first kappa shape index (κ1) is 18.5. The zero-order valence-electron chi connectivity index (χ0n) is 16.6. The van der Waals surface area contributed by atoms with E-state index < -0.39 is 0 Å². The summed E-state index contributed by atoms with van der Waals surface area (Å²) in [5.41, 5.74) is 3.45. The van der Waals surface area contributed by atoms with Gasteiger partial charge in [-0.2, -0.15) is 5.10 Å². The summed E-state index contributed by atoms with van der Waals surface area (Å²) in [6, 6.07) is 16.7. The van der Waals surface area contributed by atoms with Gasteiger partial charge in [0.05, 0.1) is 5.69 Å². The number of fused-ring (bicyclic) bond motifs is 1. The molecule has 31 heavy (non-hydrogen) atoms. The average molecular weight is 410 g/mol. The van der Waals surface area contributed by atoms with Gasteiger partial charge in [-0.15, -0.1) is 0 Å². The zero-order valence-corrected chi connectivity index (χ0v) is 16.6. The lowest BCUT2D eigenvalue weighted by molar-refractivity contribution is 0.102. The number of carbonyl (C=O) groups is 1. The van der Waals surface area contributed by atoms with Gasteiger partial charge >= 0.3 is 0 Å². The first-order valence-electron chi connectivity index (χ1n) is 9.61. The van der Waals surface area contributed by atoms with Crippen molar-refractivity contribution in [3.05, 3.63) is 90.9 Å². The molecule has 4 heterocycles. The molecule has 2 N–H and O–H groups in total. The number of rotatable bonds is 5. The Labute approximate surface area is 177 Å². The van der Waals surface area contributed by atoms with Gasteiger partial charge in [-0.3, -0.25) is 9.20 Å². The molecule has 0 spiro atoms. The molecule has 0 unspecified atom stereocenters. The Kier molecular flexibility index (Phi) is 4.60. The molecule has 5 aromatic rings. The third-order valence-corrected chi connectivity index (χ3v) is 4.73. The van der Waals surface area contributed by atoms with E-state index >= 15 is 0 Å². The van der Waals surface area contributed by atoms with E-state index in [-0.39, 0.29) is 5.91 Å². The highest BCUT2D eigenvalue weighted by atomic mass is 16.2. The van der Waals surface area contributed by atoms with Crippen LogP contribution in [-0.2, 0) is 0 Å². The molecule has 0 fully saturated rings. The molecular weight excluding hydrogens is 392 g/mol. The fourth-order valence-electron chi connectivity index (χ4n) is 3.31. The Morgan fingerprint density at radius 1 is 0.968 bits per heavy atom. The molecule has 0 aliphatic rings. The van der Waals surface area contributed by atoms with Crippen molar-refractivity contribution < 1.29 is 4.79 Å². The fourth-order valence-corrected chi connectivity index (χ4v) is 3.31. The third kappa shape index (κ3) is 3.71. The van der Waals surface area contributed by atoms with E-state index in [0.717, 1.165) is 11.3 Å². The van der Waals surface area contributed by atoms with Crippen LogP contribution >= 0.6 is 0 Å². The minimum Gasteiger partial charge on any atom is -0.340 e. The van der Waals surface area contributed by atoms with E-state index in [1.807, 2.05) is 67.8 Å². The molecule has 0 radical (unpaired) electrons. The third-order valence-electron chi connectivity index (χ3n) is 4.73. The Morgan fingerprint density at radius 3 is 2.61 bits per heavy atom. The van der Waals surface area contributed by atoms with Gasteiger partial charge in [0.25, 0.3) is 5.91 Å². The number of pyridine rings is 1. The van der Waals surface area contributed by atoms with Crippen LogP contribution in [0, 0.1) is 6.92 Å². The Morgan fingerprint density at radius 2 is 1.81 bits per heavy atom. The molecule has 152 valence electrons. The quantitative estimate of drug-likeness (QED) is 0.459. The summed E-state index contributed by atoms with van der Waals surface area (Å²) in [6.07, 6.45) is 6.81. The van der Waals surface area contributed by atoms with Crippen LogP contribution in [0.15, 0.2) is 79.5 Å². The molecule has 1 aromatic carbocycles. The number of hydrogen-bond acceptors (Lipinski definition) is 6. The summed E-state index contributed by atoms with van der Waals surface area (Å²) < 4.78 is 3.44. The van der Waals surface area contributed by atoms with E-state index in [1.165, 1.54) is 6.33 Å². The van der Waals surface area contributed by atoms with Gasteiger partial charge in [-0.1, -0.05) is 6.07 Å². The van der Waals surface area contributed by atoms with Gasteiger partial charge in [-0.05, 0) is 49.4 Å². The molecule has 0 bridgehead atoms. The van der Waals surface area contributed by atoms with E-state index in [4.69, 9.17) is 0 Å². The van der Waals surface area contributed by atoms with Gasteiger partial charge < -0.3 is 10.6 Å². The van der Waals surface area contributed by atoms with Crippen LogP contribution in [0.4, 0.5) is 17.2 Å². The molecular formula is C22H18N8O. The lowest BCUT2D eigenvalue weighted by atomic mass is 10.2. The standard InChI is InChI=1S/C22H18N8O/c1-15-21(29-11-3-2-5-19(29)26-15)22(31)28-17-8-6-16(7-9-17)27-18-13-20(24-14-23-18)30-12-4-10-25-30/h2-14H,1H3,(H,28,31)(H,23,24,27). The predicted molar refractivity (Wildman–Crippen MR) is 117 cm³/mol. The molecule has 0 atom stereocenters. The summed E-state index contributed by atoms with van der Waals surface area (Å²) in [5, 5.41) is 10.3. The van der Waals surface area contributed by atoms with Crippen LogP contribution in [0.25, 0.3) is 11.5 Å². The second-order valence-corrected chi connectivity index (χ2v) is 6.84. The number of amides is 1. The number of imidazole rings is 1. The molecule has 5 rings (SSSR count). The van der Waals surface area contributed by atoms with Crippen molar-refractivity contribution in [2.45, 2.75) is 6.92 Å². The normalized spacial score (nSPS) is 10.9. The number of benzene rings is 1. The van der Waals surface area contributed by atoms with Crippen molar-refractivity contribution in [2.75, 3.05) is 10.6 Å². The fraction of sp³-hybridized carbons (Fsp3) is 0.0455. The Bertz CT molecular complexity index is 1360. The number of aryl methyl sites for hydroxylation is 1. The molecule has 0 saturated carbocycles. The van der Waals surface area contributed by atoms with E-state index in [2.05, 4.69) is 30.7 Å². The molecule has 9 heteroatoms. The highest BCUT2D eigenvalue weighted by molar-refractivity contribution is 6.04. The van der Waals surface area contributed by atoms with Crippen molar-refractivity contribution in [1.82, 2.24) is 29.1 Å². The van der Waals surface area contributed by atoms with E-state index in [9.17, 15) is 4.79 Å². The smallest absolute Gasteiger partial charge is 0.274 e. The maximum Gasteiger partial charge on any atom is 0.274 e. The van der Waals surface area contributed by atoms with Gasteiger partial charge in [0, 0.05) is 36.0 Å². The number of carbonyl (C=O) groups excluding carboxylic acids is 1. The number of aromatic nitrogens is 6. The van der Waals surface area contributed by atoms with E-state index in [0.29, 0.717) is 28.7 Å². The predicted octanol–water partition coefficient (Wildman–Crippen LogP) is 3.61. The van der Waals surface area contributed by atoms with Crippen LogP contribution in [0.3, 0.4) is 0 Å². The number of nitrogens with zero attached hydrogens (tertiary/aromatic N) is 6. The van der Waals surface area contributed by atoms with Crippen molar-refractivity contribution in [1.29, 1.82) is 0 Å². The van der Waals surface area contributed by atoms with Crippen LogP contribution in [0.5, 0.6) is 0 Å². The number of nitrogens with one attached hydrogen (secondary N) is 2. The molecule has 0 aliphatic carbocycles. The largest absolute Gasteiger partial charge is 0.340 e. The molecule has 9 nitrogen and oxygen atoms in total. The second-order valence-electron chi connectivity index (χ2n) is 6.84. The first-order valence-corrected chi connectivity index (χ1v) is 9.61. The van der Waals surface area contributed by atoms with Gasteiger partial charge in [0.15, 0.2) is 5.82 Å². The average Bonchev–Trinajstić information content (AvgIpc) is 3.42. The molecule has 1 amide bonds. The minimum atomic E-state index is -0.212. The number of hydrogen-bond donors (Lipinski definition) is 2. The SMILES string of the molecule is Cc1nc2ccccn2c1C(=O)Nc1ccc(Nc2cc(-n3cccn3)ncn2)cc1. The van der Waals surface area contributed by atoms with Gasteiger partial charge in [0.1, 0.15) is 23.5 Å². The lowest BCUT2D eigenvalue weighted by Gasteiger charge is -2.09. The summed E-state index contributed by atoms with van der Waals surface area (Å²) >= 11 is 0. The molecule has 4 aromatic heterocycles. The van der Waals surface area contributed by atoms with Crippen molar-refractivity contribution in [3.63, 3.8) is 0 Å². The van der Waals surface area contributed by atoms with Crippen LogP contribution in [0.2, 0.25) is 0 Å². The summed E-state index contributed by atoms with van der Waals surface area (Å²) in [4.78, 5) is 25.7. The van der Waals surface area contributed by atoms with Gasteiger partial charge in [0.2, 0.25) is 0 Å². The van der Waals surface area contributed by atoms with E-state index in [1.54, 1.807) is 21.3 Å². The monoisotopic (exact) mass is 410 g/mol. The maximum atomic E-state index is 12.8. The van der Waals surface area contributed by atoms with Crippen LogP contribution < -0.4 is 10.6 Å².